The van der Waals surface area contributed by atoms with Gasteiger partial charge in [-0.1, -0.05) is 66.8 Å². The Labute approximate surface area is 232 Å². The van der Waals surface area contributed by atoms with Gasteiger partial charge in [0.25, 0.3) is 5.91 Å². The maximum Gasteiger partial charge on any atom is 0.265 e. The average Bonchev–Trinajstić information content (AvgIpc) is 2.86. The number of rotatable bonds is 7. The van der Waals surface area contributed by atoms with E-state index in [1.165, 1.54) is 18.2 Å². The molecular weight excluding hydrogens is 536 g/mol. The standard InChI is InChI=1S/C29H29Cl3FNO3/c1-16(2)24-12-19(23-10-6-20(30)13-25(23)31)15-36-28(24)18-4-8-22(9-5-18)37-17(3)29(35)34-21-7-11-27(33)26(32)14-21/h4-11,13-14,16-17,19,24,28H,12,15H2,1-3H3,(H,34,35)/t17?,19-,24-,28-/m0/s1. The smallest absolute Gasteiger partial charge is 0.265 e. The highest BCUT2D eigenvalue weighted by Crippen LogP contribution is 2.45. The van der Waals surface area contributed by atoms with E-state index in [2.05, 4.69) is 19.2 Å². The van der Waals surface area contributed by atoms with E-state index in [4.69, 9.17) is 44.3 Å². The van der Waals surface area contributed by atoms with Crippen LogP contribution in [0.15, 0.2) is 60.7 Å². The molecule has 1 aliphatic rings. The Morgan fingerprint density at radius 2 is 1.73 bits per heavy atom. The number of benzene rings is 3. The molecule has 3 aromatic rings. The van der Waals surface area contributed by atoms with Crippen molar-refractivity contribution in [2.45, 2.75) is 45.3 Å². The lowest BCUT2D eigenvalue weighted by Gasteiger charge is -2.39. The molecule has 0 spiro atoms. The Bertz CT molecular complexity index is 1250. The first-order chi connectivity index (χ1) is 17.6. The molecule has 4 rings (SSSR count). The van der Waals surface area contributed by atoms with Crippen LogP contribution in [0, 0.1) is 17.7 Å². The first kappa shape index (κ1) is 27.7. The lowest BCUT2D eigenvalue weighted by atomic mass is 9.76. The summed E-state index contributed by atoms with van der Waals surface area (Å²) in [6, 6.07) is 17.3. The zero-order chi connectivity index (χ0) is 26.7. The molecule has 1 saturated heterocycles. The average molecular weight is 565 g/mol. The SMILES string of the molecule is CC(Oc1ccc([C@@H]2OC[C@@H](c3ccc(Cl)cc3Cl)C[C@H]2C(C)C)cc1)C(=O)Nc1ccc(F)c(Cl)c1. The van der Waals surface area contributed by atoms with E-state index >= 15 is 0 Å². The fraction of sp³-hybridized carbons (Fsp3) is 0.345. The van der Waals surface area contributed by atoms with E-state index in [9.17, 15) is 9.18 Å². The molecule has 4 nitrogen and oxygen atoms in total. The van der Waals surface area contributed by atoms with Gasteiger partial charge in [0, 0.05) is 21.7 Å². The minimum atomic E-state index is -0.770. The monoisotopic (exact) mass is 563 g/mol. The Morgan fingerprint density at radius 1 is 1.00 bits per heavy atom. The van der Waals surface area contributed by atoms with Gasteiger partial charge in [-0.3, -0.25) is 4.79 Å². The van der Waals surface area contributed by atoms with Gasteiger partial charge < -0.3 is 14.8 Å². The largest absolute Gasteiger partial charge is 0.481 e. The van der Waals surface area contributed by atoms with Crippen molar-refractivity contribution in [1.82, 2.24) is 0 Å². The van der Waals surface area contributed by atoms with Crippen LogP contribution in [-0.4, -0.2) is 18.6 Å². The number of hydrogen-bond acceptors (Lipinski definition) is 3. The predicted octanol–water partition coefficient (Wildman–Crippen LogP) is 8.71. The van der Waals surface area contributed by atoms with Crippen molar-refractivity contribution in [3.8, 4) is 5.75 Å². The van der Waals surface area contributed by atoms with Crippen LogP contribution >= 0.6 is 34.8 Å². The number of nitrogens with one attached hydrogen (secondary N) is 1. The van der Waals surface area contributed by atoms with Gasteiger partial charge in [0.1, 0.15) is 11.6 Å². The molecule has 1 heterocycles. The summed E-state index contributed by atoms with van der Waals surface area (Å²) in [6.45, 7) is 6.63. The van der Waals surface area contributed by atoms with Gasteiger partial charge in [-0.15, -0.1) is 0 Å². The number of carbonyl (C=O) groups excluding carboxylic acids is 1. The third kappa shape index (κ3) is 6.77. The highest BCUT2D eigenvalue weighted by Gasteiger charge is 2.35. The Hall–Kier alpha value is -2.31. The van der Waals surface area contributed by atoms with Crippen LogP contribution in [0.1, 0.15) is 50.3 Å². The third-order valence-electron chi connectivity index (χ3n) is 6.76. The van der Waals surface area contributed by atoms with E-state index in [0.29, 0.717) is 39.9 Å². The number of hydrogen-bond donors (Lipinski definition) is 1. The topological polar surface area (TPSA) is 47.6 Å². The van der Waals surface area contributed by atoms with Crippen molar-refractivity contribution < 1.29 is 18.7 Å². The first-order valence-corrected chi connectivity index (χ1v) is 13.3. The molecule has 0 aromatic heterocycles. The fourth-order valence-corrected chi connectivity index (χ4v) is 5.43. The molecule has 3 aromatic carbocycles. The van der Waals surface area contributed by atoms with Crippen LogP contribution in [0.25, 0.3) is 0 Å². The zero-order valence-electron chi connectivity index (χ0n) is 20.8. The number of ether oxygens (including phenoxy) is 2. The van der Waals surface area contributed by atoms with E-state index in [1.807, 2.05) is 36.4 Å². The lowest BCUT2D eigenvalue weighted by Crippen LogP contribution is -2.31. The number of halogens is 4. The second kappa shape index (κ2) is 12.0. The maximum absolute atomic E-state index is 13.4. The number of amides is 1. The molecule has 196 valence electrons. The normalized spacial score (nSPS) is 20.5. The zero-order valence-corrected chi connectivity index (χ0v) is 23.1. The van der Waals surface area contributed by atoms with E-state index in [0.717, 1.165) is 17.5 Å². The van der Waals surface area contributed by atoms with Crippen molar-refractivity contribution in [2.24, 2.45) is 11.8 Å². The van der Waals surface area contributed by atoms with Gasteiger partial charge in [0.05, 0.1) is 17.7 Å². The number of carbonyl (C=O) groups is 1. The van der Waals surface area contributed by atoms with Crippen LogP contribution in [0.4, 0.5) is 10.1 Å². The quantitative estimate of drug-likeness (QED) is 0.312. The predicted molar refractivity (Wildman–Crippen MR) is 147 cm³/mol. The minimum absolute atomic E-state index is 0.0553. The summed E-state index contributed by atoms with van der Waals surface area (Å²) in [6.07, 6.45) is 0.126. The van der Waals surface area contributed by atoms with Crippen molar-refractivity contribution >= 4 is 46.4 Å². The highest BCUT2D eigenvalue weighted by atomic mass is 35.5. The van der Waals surface area contributed by atoms with Gasteiger partial charge in [-0.05, 0) is 78.8 Å². The van der Waals surface area contributed by atoms with Crippen LogP contribution in [0.3, 0.4) is 0 Å². The second-order valence-corrected chi connectivity index (χ2v) is 11.0. The van der Waals surface area contributed by atoms with Gasteiger partial charge in [-0.25, -0.2) is 4.39 Å². The van der Waals surface area contributed by atoms with Gasteiger partial charge in [0.2, 0.25) is 0 Å². The summed E-state index contributed by atoms with van der Waals surface area (Å²) in [4.78, 5) is 12.5. The second-order valence-electron chi connectivity index (χ2n) is 9.71. The third-order valence-corrected chi connectivity index (χ3v) is 7.61. The highest BCUT2D eigenvalue weighted by molar-refractivity contribution is 6.35. The van der Waals surface area contributed by atoms with Crippen molar-refractivity contribution in [1.29, 1.82) is 0 Å². The maximum atomic E-state index is 13.4. The summed E-state index contributed by atoms with van der Waals surface area (Å²) < 4.78 is 25.6. The molecule has 0 saturated carbocycles. The summed E-state index contributed by atoms with van der Waals surface area (Å²) in [5, 5.41) is 3.92. The van der Waals surface area contributed by atoms with Crippen molar-refractivity contribution in [3.05, 3.63) is 92.7 Å². The molecule has 1 aliphatic heterocycles. The van der Waals surface area contributed by atoms with E-state index < -0.39 is 11.9 Å². The van der Waals surface area contributed by atoms with E-state index in [1.54, 1.807) is 13.0 Å². The van der Waals surface area contributed by atoms with Crippen molar-refractivity contribution in [3.63, 3.8) is 0 Å². The molecule has 37 heavy (non-hydrogen) atoms. The molecule has 1 N–H and O–H groups in total. The van der Waals surface area contributed by atoms with Crippen LogP contribution in [0.2, 0.25) is 15.1 Å². The molecule has 0 radical (unpaired) electrons. The minimum Gasteiger partial charge on any atom is -0.481 e. The van der Waals surface area contributed by atoms with Gasteiger partial charge in [0.15, 0.2) is 6.10 Å². The molecule has 0 bridgehead atoms. The summed E-state index contributed by atoms with van der Waals surface area (Å²) in [7, 11) is 0. The molecule has 1 unspecified atom stereocenters. The molecule has 8 heteroatoms. The Balaban J connectivity index is 1.40. The summed E-state index contributed by atoms with van der Waals surface area (Å²) >= 11 is 18.3. The Morgan fingerprint density at radius 3 is 2.38 bits per heavy atom. The molecule has 1 fully saturated rings. The van der Waals surface area contributed by atoms with Crippen LogP contribution < -0.4 is 10.1 Å². The molecule has 4 atom stereocenters. The molecule has 0 aliphatic carbocycles. The van der Waals surface area contributed by atoms with Crippen LogP contribution in [-0.2, 0) is 9.53 Å². The van der Waals surface area contributed by atoms with Gasteiger partial charge in [-0.2, -0.15) is 0 Å². The van der Waals surface area contributed by atoms with Gasteiger partial charge >= 0.3 is 0 Å². The Kier molecular flexibility index (Phi) is 9.02. The lowest BCUT2D eigenvalue weighted by molar-refractivity contribution is -0.122. The fourth-order valence-electron chi connectivity index (χ4n) is 4.69. The van der Waals surface area contributed by atoms with Crippen LogP contribution in [0.5, 0.6) is 5.75 Å². The summed E-state index contributed by atoms with van der Waals surface area (Å²) in [5.41, 5.74) is 2.52. The number of anilines is 1. The summed E-state index contributed by atoms with van der Waals surface area (Å²) in [5.74, 6) is 0.546. The van der Waals surface area contributed by atoms with E-state index in [-0.39, 0.29) is 23.0 Å². The van der Waals surface area contributed by atoms with Crippen molar-refractivity contribution in [2.75, 3.05) is 11.9 Å². The first-order valence-electron chi connectivity index (χ1n) is 12.2. The molecule has 1 amide bonds. The molecular formula is C29H29Cl3FNO3.